The molecule has 1 heterocycles. The summed E-state index contributed by atoms with van der Waals surface area (Å²) in [6, 6.07) is 6.82. The summed E-state index contributed by atoms with van der Waals surface area (Å²) in [6.07, 6.45) is 1.20. The SMILES string of the molecule is Cc1ccc(C2CNCCC2CN)cc1C. The monoisotopic (exact) mass is 218 g/mol. The van der Waals surface area contributed by atoms with Gasteiger partial charge in [-0.3, -0.25) is 0 Å². The summed E-state index contributed by atoms with van der Waals surface area (Å²) < 4.78 is 0. The first-order valence-corrected chi connectivity index (χ1v) is 6.20. The van der Waals surface area contributed by atoms with Crippen molar-refractivity contribution in [3.63, 3.8) is 0 Å². The van der Waals surface area contributed by atoms with Crippen LogP contribution in [0.1, 0.15) is 29.0 Å². The molecule has 0 radical (unpaired) electrons. The van der Waals surface area contributed by atoms with Crippen molar-refractivity contribution in [3.05, 3.63) is 34.9 Å². The topological polar surface area (TPSA) is 38.0 Å². The first-order chi connectivity index (χ1) is 7.72. The van der Waals surface area contributed by atoms with Gasteiger partial charge < -0.3 is 11.1 Å². The van der Waals surface area contributed by atoms with Crippen LogP contribution in [-0.2, 0) is 0 Å². The van der Waals surface area contributed by atoms with Gasteiger partial charge in [-0.05, 0) is 56.0 Å². The molecule has 0 aromatic heterocycles. The van der Waals surface area contributed by atoms with Crippen molar-refractivity contribution in [2.24, 2.45) is 11.7 Å². The lowest BCUT2D eigenvalue weighted by Crippen LogP contribution is -2.38. The Labute approximate surface area is 98.2 Å². The van der Waals surface area contributed by atoms with Crippen LogP contribution in [-0.4, -0.2) is 19.6 Å². The number of hydrogen-bond acceptors (Lipinski definition) is 2. The molecule has 1 aliphatic heterocycles. The molecule has 88 valence electrons. The van der Waals surface area contributed by atoms with Crippen molar-refractivity contribution in [2.45, 2.75) is 26.2 Å². The molecule has 1 fully saturated rings. The van der Waals surface area contributed by atoms with Crippen LogP contribution in [0.25, 0.3) is 0 Å². The maximum Gasteiger partial charge on any atom is 0.00233 e. The van der Waals surface area contributed by atoms with Gasteiger partial charge in [0.05, 0.1) is 0 Å². The van der Waals surface area contributed by atoms with E-state index in [1.165, 1.54) is 23.1 Å². The van der Waals surface area contributed by atoms with Crippen molar-refractivity contribution in [1.82, 2.24) is 5.32 Å². The van der Waals surface area contributed by atoms with Crippen LogP contribution in [0.3, 0.4) is 0 Å². The average Bonchev–Trinajstić information content (AvgIpc) is 2.32. The summed E-state index contributed by atoms with van der Waals surface area (Å²) in [5.74, 6) is 1.24. The zero-order valence-electron chi connectivity index (χ0n) is 10.3. The zero-order valence-corrected chi connectivity index (χ0v) is 10.3. The van der Waals surface area contributed by atoms with Crippen molar-refractivity contribution < 1.29 is 0 Å². The van der Waals surface area contributed by atoms with Gasteiger partial charge in [-0.2, -0.15) is 0 Å². The first-order valence-electron chi connectivity index (χ1n) is 6.20. The van der Waals surface area contributed by atoms with E-state index in [1.54, 1.807) is 0 Å². The maximum atomic E-state index is 5.87. The fourth-order valence-electron chi connectivity index (χ4n) is 2.58. The third-order valence-corrected chi connectivity index (χ3v) is 3.89. The summed E-state index contributed by atoms with van der Waals surface area (Å²) in [6.45, 7) is 7.35. The van der Waals surface area contributed by atoms with Crippen LogP contribution in [0.5, 0.6) is 0 Å². The highest BCUT2D eigenvalue weighted by atomic mass is 14.9. The predicted molar refractivity (Wildman–Crippen MR) is 68.7 cm³/mol. The number of nitrogens with two attached hydrogens (primary N) is 1. The minimum atomic E-state index is 0.595. The van der Waals surface area contributed by atoms with Gasteiger partial charge in [0.25, 0.3) is 0 Å². The Bertz CT molecular complexity index is 360. The number of benzene rings is 1. The maximum absolute atomic E-state index is 5.87. The molecule has 0 saturated carbocycles. The molecule has 2 unspecified atom stereocenters. The smallest absolute Gasteiger partial charge is 0.00233 e. The number of rotatable bonds is 2. The van der Waals surface area contributed by atoms with Crippen LogP contribution >= 0.6 is 0 Å². The lowest BCUT2D eigenvalue weighted by molar-refractivity contribution is 0.331. The van der Waals surface area contributed by atoms with E-state index in [1.807, 2.05) is 0 Å². The third-order valence-electron chi connectivity index (χ3n) is 3.89. The molecule has 1 saturated heterocycles. The minimum Gasteiger partial charge on any atom is -0.330 e. The first kappa shape index (κ1) is 11.6. The van der Waals surface area contributed by atoms with E-state index < -0.39 is 0 Å². The standard InChI is InChI=1S/C14H22N2/c1-10-3-4-12(7-11(10)2)14-9-16-6-5-13(14)8-15/h3-4,7,13-14,16H,5-6,8-9,15H2,1-2H3. The average molecular weight is 218 g/mol. The van der Waals surface area contributed by atoms with Gasteiger partial charge in [-0.25, -0.2) is 0 Å². The lowest BCUT2D eigenvalue weighted by atomic mass is 9.81. The molecule has 0 amide bonds. The number of aryl methyl sites for hydroxylation is 2. The molecular weight excluding hydrogens is 196 g/mol. The molecule has 2 rings (SSSR count). The zero-order chi connectivity index (χ0) is 11.5. The predicted octanol–water partition coefficient (Wildman–Crippen LogP) is 1.96. The molecule has 0 bridgehead atoms. The van der Waals surface area contributed by atoms with E-state index in [4.69, 9.17) is 5.73 Å². The fourth-order valence-corrected chi connectivity index (χ4v) is 2.58. The van der Waals surface area contributed by atoms with Crippen molar-refractivity contribution >= 4 is 0 Å². The minimum absolute atomic E-state index is 0.595. The summed E-state index contributed by atoms with van der Waals surface area (Å²) in [5, 5.41) is 3.48. The normalized spacial score (nSPS) is 25.7. The second kappa shape index (κ2) is 4.98. The molecule has 2 nitrogen and oxygen atoms in total. The molecule has 1 aromatic rings. The molecule has 2 heteroatoms. The van der Waals surface area contributed by atoms with Gasteiger partial charge in [0.1, 0.15) is 0 Å². The Morgan fingerprint density at radius 3 is 2.81 bits per heavy atom. The van der Waals surface area contributed by atoms with Gasteiger partial charge in [0.15, 0.2) is 0 Å². The second-order valence-electron chi connectivity index (χ2n) is 4.94. The molecule has 1 aromatic carbocycles. The van der Waals surface area contributed by atoms with Crippen molar-refractivity contribution in [2.75, 3.05) is 19.6 Å². The molecule has 2 atom stereocenters. The van der Waals surface area contributed by atoms with Gasteiger partial charge in [-0.1, -0.05) is 18.2 Å². The Balaban J connectivity index is 2.23. The number of hydrogen-bond donors (Lipinski definition) is 2. The summed E-state index contributed by atoms with van der Waals surface area (Å²) >= 11 is 0. The van der Waals surface area contributed by atoms with E-state index in [0.29, 0.717) is 11.8 Å². The number of piperidine rings is 1. The highest BCUT2D eigenvalue weighted by Crippen LogP contribution is 2.29. The van der Waals surface area contributed by atoms with Crippen LogP contribution in [0, 0.1) is 19.8 Å². The third kappa shape index (κ3) is 2.28. The molecule has 0 aliphatic carbocycles. The summed E-state index contributed by atoms with van der Waals surface area (Å²) in [4.78, 5) is 0. The van der Waals surface area contributed by atoms with Crippen LogP contribution in [0.4, 0.5) is 0 Å². The Kier molecular flexibility index (Phi) is 3.62. The largest absolute Gasteiger partial charge is 0.330 e. The number of nitrogens with one attached hydrogen (secondary N) is 1. The van der Waals surface area contributed by atoms with Crippen LogP contribution in [0.2, 0.25) is 0 Å². The van der Waals surface area contributed by atoms with Gasteiger partial charge in [-0.15, -0.1) is 0 Å². The summed E-state index contributed by atoms with van der Waals surface area (Å²) in [7, 11) is 0. The van der Waals surface area contributed by atoms with E-state index in [0.717, 1.165) is 19.6 Å². The molecule has 3 N–H and O–H groups in total. The lowest BCUT2D eigenvalue weighted by Gasteiger charge is -2.32. The van der Waals surface area contributed by atoms with Crippen molar-refractivity contribution in [1.29, 1.82) is 0 Å². The summed E-state index contributed by atoms with van der Waals surface area (Å²) in [5.41, 5.74) is 10.1. The Morgan fingerprint density at radius 2 is 2.12 bits per heavy atom. The van der Waals surface area contributed by atoms with Gasteiger partial charge in [0, 0.05) is 12.5 Å². The van der Waals surface area contributed by atoms with Crippen LogP contribution < -0.4 is 11.1 Å². The molecular formula is C14H22N2. The van der Waals surface area contributed by atoms with E-state index in [2.05, 4.69) is 37.4 Å². The van der Waals surface area contributed by atoms with Gasteiger partial charge in [0.2, 0.25) is 0 Å². The fraction of sp³-hybridized carbons (Fsp3) is 0.571. The molecule has 16 heavy (non-hydrogen) atoms. The van der Waals surface area contributed by atoms with E-state index in [9.17, 15) is 0 Å². The van der Waals surface area contributed by atoms with Gasteiger partial charge >= 0.3 is 0 Å². The van der Waals surface area contributed by atoms with Crippen LogP contribution in [0.15, 0.2) is 18.2 Å². The molecule has 1 aliphatic rings. The second-order valence-corrected chi connectivity index (χ2v) is 4.94. The Hall–Kier alpha value is -0.860. The Morgan fingerprint density at radius 1 is 1.31 bits per heavy atom. The van der Waals surface area contributed by atoms with E-state index in [-0.39, 0.29) is 0 Å². The molecule has 0 spiro atoms. The quantitative estimate of drug-likeness (QED) is 0.796. The van der Waals surface area contributed by atoms with Crippen molar-refractivity contribution in [3.8, 4) is 0 Å². The van der Waals surface area contributed by atoms with E-state index >= 15 is 0 Å². The highest BCUT2D eigenvalue weighted by Gasteiger charge is 2.25. The highest BCUT2D eigenvalue weighted by molar-refractivity contribution is 5.32.